The minimum Gasteiger partial charge on any atom is -0.462 e. The highest BCUT2D eigenvalue weighted by atomic mass is 16.7. The van der Waals surface area contributed by atoms with E-state index in [2.05, 4.69) is 10.3 Å². The Hall–Kier alpha value is -2.97. The zero-order chi connectivity index (χ0) is 21.6. The summed E-state index contributed by atoms with van der Waals surface area (Å²) in [5.74, 6) is -2.20. The van der Waals surface area contributed by atoms with E-state index in [1.165, 1.54) is 14.2 Å². The highest BCUT2D eigenvalue weighted by Crippen LogP contribution is 2.31. The lowest BCUT2D eigenvalue weighted by Crippen LogP contribution is -2.38. The van der Waals surface area contributed by atoms with Gasteiger partial charge in [0.1, 0.15) is 5.69 Å². The van der Waals surface area contributed by atoms with Gasteiger partial charge >= 0.3 is 5.97 Å². The van der Waals surface area contributed by atoms with Gasteiger partial charge in [-0.3, -0.25) is 9.59 Å². The fourth-order valence-electron chi connectivity index (χ4n) is 2.90. The highest BCUT2D eigenvalue weighted by Gasteiger charge is 2.30. The van der Waals surface area contributed by atoms with Gasteiger partial charge in [0.05, 0.1) is 18.7 Å². The SMILES string of the molecule is CCOC(=O)c1c(C)[nH]c(C(=O)C(=O)NCC(OC)OC)c1-c1ccc(C)cc1. The molecule has 0 unspecified atom stereocenters. The van der Waals surface area contributed by atoms with E-state index in [9.17, 15) is 14.4 Å². The molecule has 0 aliphatic rings. The number of esters is 1. The van der Waals surface area contributed by atoms with E-state index < -0.39 is 23.9 Å². The minimum atomic E-state index is -0.839. The van der Waals surface area contributed by atoms with Gasteiger partial charge in [0.2, 0.25) is 0 Å². The normalized spacial score (nSPS) is 10.8. The average Bonchev–Trinajstić information content (AvgIpc) is 3.05. The average molecular weight is 402 g/mol. The van der Waals surface area contributed by atoms with Crippen molar-refractivity contribution in [1.29, 1.82) is 0 Å². The summed E-state index contributed by atoms with van der Waals surface area (Å²) in [4.78, 5) is 40.7. The molecule has 8 heteroatoms. The zero-order valence-electron chi connectivity index (χ0n) is 17.3. The number of aromatic amines is 1. The Morgan fingerprint density at radius 1 is 1.07 bits per heavy atom. The van der Waals surface area contributed by atoms with Gasteiger partial charge in [0.15, 0.2) is 6.29 Å². The topological polar surface area (TPSA) is 107 Å². The molecule has 1 heterocycles. The van der Waals surface area contributed by atoms with Crippen LogP contribution in [0.3, 0.4) is 0 Å². The Kier molecular flexibility index (Phi) is 7.69. The molecule has 1 aromatic carbocycles. The summed E-state index contributed by atoms with van der Waals surface area (Å²) < 4.78 is 15.2. The van der Waals surface area contributed by atoms with Crippen LogP contribution >= 0.6 is 0 Å². The molecule has 0 radical (unpaired) electrons. The van der Waals surface area contributed by atoms with Gasteiger partial charge in [-0.1, -0.05) is 29.8 Å². The molecule has 29 heavy (non-hydrogen) atoms. The number of H-pyrrole nitrogens is 1. The molecule has 0 fully saturated rings. The molecule has 0 atom stereocenters. The number of aryl methyl sites for hydroxylation is 2. The lowest BCUT2D eigenvalue weighted by atomic mass is 9.97. The summed E-state index contributed by atoms with van der Waals surface area (Å²) in [6.07, 6.45) is -0.677. The van der Waals surface area contributed by atoms with Crippen LogP contribution < -0.4 is 5.32 Å². The Bertz CT molecular complexity index is 881. The number of rotatable bonds is 9. The molecule has 0 spiro atoms. The van der Waals surface area contributed by atoms with Crippen LogP contribution in [-0.2, 0) is 19.0 Å². The van der Waals surface area contributed by atoms with Crippen molar-refractivity contribution < 1.29 is 28.6 Å². The summed E-state index contributed by atoms with van der Waals surface area (Å²) >= 11 is 0. The van der Waals surface area contributed by atoms with Crippen LogP contribution in [0.5, 0.6) is 0 Å². The number of benzene rings is 1. The number of ketones is 1. The molecule has 0 aliphatic carbocycles. The van der Waals surface area contributed by atoms with E-state index in [4.69, 9.17) is 14.2 Å². The predicted octanol–water partition coefficient (Wildman–Crippen LogP) is 2.39. The number of amides is 1. The first-order valence-electron chi connectivity index (χ1n) is 9.18. The maximum Gasteiger partial charge on any atom is 0.340 e. The Morgan fingerprint density at radius 3 is 2.24 bits per heavy atom. The molecule has 1 amide bonds. The Morgan fingerprint density at radius 2 is 1.69 bits per heavy atom. The van der Waals surface area contributed by atoms with Crippen LogP contribution in [0.1, 0.15) is 39.0 Å². The van der Waals surface area contributed by atoms with E-state index in [1.807, 2.05) is 19.1 Å². The third-order valence-electron chi connectivity index (χ3n) is 4.40. The van der Waals surface area contributed by atoms with Crippen LogP contribution in [0.4, 0.5) is 0 Å². The zero-order valence-corrected chi connectivity index (χ0v) is 17.3. The van der Waals surface area contributed by atoms with E-state index in [0.29, 0.717) is 16.8 Å². The molecule has 0 bridgehead atoms. The van der Waals surface area contributed by atoms with Crippen molar-refractivity contribution in [1.82, 2.24) is 10.3 Å². The minimum absolute atomic E-state index is 0.00185. The number of aromatic nitrogens is 1. The van der Waals surface area contributed by atoms with Gasteiger partial charge in [-0.2, -0.15) is 0 Å². The van der Waals surface area contributed by atoms with Gasteiger partial charge in [0, 0.05) is 25.5 Å². The third-order valence-corrected chi connectivity index (χ3v) is 4.40. The number of carbonyl (C=O) groups excluding carboxylic acids is 3. The summed E-state index contributed by atoms with van der Waals surface area (Å²) in [5, 5.41) is 2.48. The molecule has 0 saturated heterocycles. The first kappa shape index (κ1) is 22.3. The quantitative estimate of drug-likeness (QED) is 0.289. The van der Waals surface area contributed by atoms with Gasteiger partial charge in [-0.15, -0.1) is 0 Å². The van der Waals surface area contributed by atoms with Crippen molar-refractivity contribution in [2.24, 2.45) is 0 Å². The van der Waals surface area contributed by atoms with Crippen LogP contribution in [0.15, 0.2) is 24.3 Å². The first-order chi connectivity index (χ1) is 13.8. The van der Waals surface area contributed by atoms with Gasteiger partial charge < -0.3 is 24.5 Å². The lowest BCUT2D eigenvalue weighted by molar-refractivity contribution is -0.123. The molecule has 1 aromatic heterocycles. The van der Waals surface area contributed by atoms with Crippen LogP contribution in [-0.4, -0.2) is 56.3 Å². The maximum absolute atomic E-state index is 12.9. The number of Topliss-reactive ketones (excluding diaryl/α,β-unsaturated/α-hetero) is 1. The molecule has 0 aliphatic heterocycles. The number of ether oxygens (including phenoxy) is 3. The molecule has 2 rings (SSSR count). The number of nitrogens with one attached hydrogen (secondary N) is 2. The molecule has 156 valence electrons. The number of carbonyl (C=O) groups is 3. The summed E-state index contributed by atoms with van der Waals surface area (Å²) in [7, 11) is 2.86. The molecule has 2 aromatic rings. The van der Waals surface area contributed by atoms with Crippen molar-refractivity contribution in [3.05, 3.63) is 46.8 Å². The predicted molar refractivity (Wildman–Crippen MR) is 107 cm³/mol. The van der Waals surface area contributed by atoms with Crippen molar-refractivity contribution in [3.8, 4) is 11.1 Å². The second-order valence-electron chi connectivity index (χ2n) is 6.40. The Labute approximate surface area is 169 Å². The van der Waals surface area contributed by atoms with Crippen molar-refractivity contribution in [2.75, 3.05) is 27.4 Å². The molecule has 8 nitrogen and oxygen atoms in total. The number of methoxy groups -OCH3 is 2. The third kappa shape index (κ3) is 5.10. The number of hydrogen-bond acceptors (Lipinski definition) is 6. The van der Waals surface area contributed by atoms with E-state index >= 15 is 0 Å². The second-order valence-corrected chi connectivity index (χ2v) is 6.40. The largest absolute Gasteiger partial charge is 0.462 e. The second kappa shape index (κ2) is 9.99. The number of hydrogen-bond donors (Lipinski definition) is 2. The fourth-order valence-corrected chi connectivity index (χ4v) is 2.90. The van der Waals surface area contributed by atoms with Gasteiger partial charge in [-0.05, 0) is 26.3 Å². The fraction of sp³-hybridized carbons (Fsp3) is 0.381. The summed E-state index contributed by atoms with van der Waals surface area (Å²) in [6.45, 7) is 5.48. The molecular formula is C21H26N2O6. The van der Waals surface area contributed by atoms with E-state index in [1.54, 1.807) is 26.0 Å². The molecule has 2 N–H and O–H groups in total. The molecule has 0 saturated carbocycles. The lowest BCUT2D eigenvalue weighted by Gasteiger charge is -2.13. The van der Waals surface area contributed by atoms with Crippen LogP contribution in [0.25, 0.3) is 11.1 Å². The molecular weight excluding hydrogens is 376 g/mol. The maximum atomic E-state index is 12.9. The van der Waals surface area contributed by atoms with Crippen molar-refractivity contribution in [3.63, 3.8) is 0 Å². The smallest absolute Gasteiger partial charge is 0.340 e. The summed E-state index contributed by atoms with van der Waals surface area (Å²) in [5.41, 5.74) is 2.70. The van der Waals surface area contributed by atoms with Crippen LogP contribution in [0, 0.1) is 13.8 Å². The van der Waals surface area contributed by atoms with Gasteiger partial charge in [-0.25, -0.2) is 4.79 Å². The monoisotopic (exact) mass is 402 g/mol. The standard InChI is InChI=1S/C21H26N2O6/c1-6-29-21(26)16-13(3)23-18(17(16)14-9-7-12(2)8-10-14)19(24)20(25)22-11-15(27-4)28-5/h7-10,15,23H,6,11H2,1-5H3,(H,22,25). The Balaban J connectivity index is 2.46. The van der Waals surface area contributed by atoms with E-state index in [0.717, 1.165) is 5.56 Å². The van der Waals surface area contributed by atoms with Crippen molar-refractivity contribution in [2.45, 2.75) is 27.1 Å². The van der Waals surface area contributed by atoms with Gasteiger partial charge in [0.25, 0.3) is 11.7 Å². The van der Waals surface area contributed by atoms with E-state index in [-0.39, 0.29) is 24.4 Å². The summed E-state index contributed by atoms with van der Waals surface area (Å²) in [6, 6.07) is 7.31. The highest BCUT2D eigenvalue weighted by molar-refractivity contribution is 6.43. The van der Waals surface area contributed by atoms with Crippen molar-refractivity contribution >= 4 is 17.7 Å². The van der Waals surface area contributed by atoms with Crippen LogP contribution in [0.2, 0.25) is 0 Å². The first-order valence-corrected chi connectivity index (χ1v) is 9.18.